The van der Waals surface area contributed by atoms with Crippen LogP contribution < -0.4 is 10.6 Å². The fourth-order valence-electron chi connectivity index (χ4n) is 2.94. The second-order valence-electron chi connectivity index (χ2n) is 7.25. The Balaban J connectivity index is 1.86. The number of halogens is 1. The van der Waals surface area contributed by atoms with E-state index in [9.17, 15) is 14.4 Å². The van der Waals surface area contributed by atoms with Crippen LogP contribution in [0.5, 0.6) is 0 Å². The minimum Gasteiger partial charge on any atom is -0.335 e. The maximum absolute atomic E-state index is 12.7. The van der Waals surface area contributed by atoms with Crippen LogP contribution in [0.25, 0.3) is 0 Å². The number of amides is 3. The van der Waals surface area contributed by atoms with Crippen molar-refractivity contribution >= 4 is 45.2 Å². The molecule has 1 heterocycles. The molecule has 8 nitrogen and oxygen atoms in total. The van der Waals surface area contributed by atoms with Gasteiger partial charge >= 0.3 is 0 Å². The lowest BCUT2D eigenvalue weighted by Crippen LogP contribution is -2.48. The van der Waals surface area contributed by atoms with E-state index >= 15 is 0 Å². The van der Waals surface area contributed by atoms with Gasteiger partial charge in [0.25, 0.3) is 0 Å². The third kappa shape index (κ3) is 7.45. The average Bonchev–Trinajstić information content (AvgIpc) is 2.74. The summed E-state index contributed by atoms with van der Waals surface area (Å²) in [6, 6.07) is 10.4. The third-order valence-electron chi connectivity index (χ3n) is 4.84. The van der Waals surface area contributed by atoms with Crippen LogP contribution in [0.1, 0.15) is 19.4 Å². The second-order valence-corrected chi connectivity index (χ2v) is 8.17. The van der Waals surface area contributed by atoms with Crippen molar-refractivity contribution in [3.8, 4) is 0 Å². The summed E-state index contributed by atoms with van der Waals surface area (Å²) in [4.78, 5) is 44.5. The van der Waals surface area contributed by atoms with Gasteiger partial charge in [0.1, 0.15) is 5.82 Å². The molecule has 0 fully saturated rings. The number of para-hydroxylation sites is 1. The summed E-state index contributed by atoms with van der Waals surface area (Å²) in [5.41, 5.74) is 1.78. The number of nitrogens with one attached hydrogen (secondary N) is 2. The first-order valence-corrected chi connectivity index (χ1v) is 10.7. The lowest BCUT2D eigenvalue weighted by atomic mass is 10.1. The number of hydrogen-bond donors (Lipinski definition) is 2. The van der Waals surface area contributed by atoms with Crippen LogP contribution >= 0.6 is 15.9 Å². The van der Waals surface area contributed by atoms with Gasteiger partial charge in [-0.15, -0.1) is 0 Å². The van der Waals surface area contributed by atoms with Gasteiger partial charge in [0.15, 0.2) is 0 Å². The standard InChI is InChI=1S/C22H28BrN5O3/c1-5-16-8-6-7-9-18(16)25-20(29)14-28(4)22(31)15(2)27(3)13-21(30)26-19-11-10-17(23)12-24-19/h6-12,15H,5,13-14H2,1-4H3,(H,25,29)(H,24,26,30). The summed E-state index contributed by atoms with van der Waals surface area (Å²) in [6.07, 6.45) is 2.38. The van der Waals surface area contributed by atoms with Crippen molar-refractivity contribution in [3.05, 3.63) is 52.6 Å². The molecule has 0 saturated heterocycles. The van der Waals surface area contributed by atoms with Crippen molar-refractivity contribution in [1.29, 1.82) is 0 Å². The predicted molar refractivity (Wildman–Crippen MR) is 125 cm³/mol. The predicted octanol–water partition coefficient (Wildman–Crippen LogP) is 2.76. The summed E-state index contributed by atoms with van der Waals surface area (Å²) in [7, 11) is 3.26. The first-order chi connectivity index (χ1) is 14.7. The first kappa shape index (κ1) is 24.5. The van der Waals surface area contributed by atoms with Gasteiger partial charge in [-0.05, 0) is 60.1 Å². The van der Waals surface area contributed by atoms with Crippen LogP contribution in [0, 0.1) is 0 Å². The van der Waals surface area contributed by atoms with E-state index in [2.05, 4.69) is 31.5 Å². The fraction of sp³-hybridized carbons (Fsp3) is 0.364. The van der Waals surface area contributed by atoms with E-state index in [1.807, 2.05) is 31.2 Å². The van der Waals surface area contributed by atoms with Gasteiger partial charge in [-0.25, -0.2) is 4.98 Å². The number of carbonyl (C=O) groups is 3. The number of rotatable bonds is 9. The van der Waals surface area contributed by atoms with E-state index in [1.165, 1.54) is 4.90 Å². The average molecular weight is 490 g/mol. The number of carbonyl (C=O) groups excluding carboxylic acids is 3. The van der Waals surface area contributed by atoms with E-state index in [4.69, 9.17) is 0 Å². The highest BCUT2D eigenvalue weighted by Gasteiger charge is 2.24. The van der Waals surface area contributed by atoms with E-state index < -0.39 is 6.04 Å². The molecule has 1 atom stereocenters. The van der Waals surface area contributed by atoms with Gasteiger partial charge in [-0.1, -0.05) is 25.1 Å². The van der Waals surface area contributed by atoms with Crippen molar-refractivity contribution < 1.29 is 14.4 Å². The molecule has 3 amide bonds. The maximum atomic E-state index is 12.7. The molecule has 0 bridgehead atoms. The normalized spacial score (nSPS) is 11.7. The van der Waals surface area contributed by atoms with Gasteiger partial charge in [0, 0.05) is 23.4 Å². The van der Waals surface area contributed by atoms with E-state index in [0.717, 1.165) is 22.1 Å². The van der Waals surface area contributed by atoms with Crippen molar-refractivity contribution in [2.75, 3.05) is 37.8 Å². The minimum absolute atomic E-state index is 0.00849. The summed E-state index contributed by atoms with van der Waals surface area (Å²) in [6.45, 7) is 3.65. The molecule has 0 aliphatic rings. The minimum atomic E-state index is -0.579. The van der Waals surface area contributed by atoms with Gasteiger partial charge in [-0.3, -0.25) is 19.3 Å². The molecule has 0 saturated carbocycles. The largest absolute Gasteiger partial charge is 0.335 e. The Kier molecular flexibility index (Phi) is 9.14. The summed E-state index contributed by atoms with van der Waals surface area (Å²) in [5, 5.41) is 5.55. The van der Waals surface area contributed by atoms with Crippen LogP contribution in [0.4, 0.5) is 11.5 Å². The molecule has 2 rings (SSSR count). The van der Waals surface area contributed by atoms with Crippen LogP contribution in [0.2, 0.25) is 0 Å². The van der Waals surface area contributed by atoms with Crippen molar-refractivity contribution in [1.82, 2.24) is 14.8 Å². The lowest BCUT2D eigenvalue weighted by molar-refractivity contribution is -0.137. The molecule has 31 heavy (non-hydrogen) atoms. The fourth-order valence-corrected chi connectivity index (χ4v) is 3.17. The smallest absolute Gasteiger partial charge is 0.243 e. The van der Waals surface area contributed by atoms with Crippen LogP contribution in [0.15, 0.2) is 47.1 Å². The van der Waals surface area contributed by atoms with Gasteiger partial charge < -0.3 is 15.5 Å². The number of nitrogens with zero attached hydrogens (tertiary/aromatic N) is 3. The number of likely N-dealkylation sites (N-methyl/N-ethyl adjacent to an activating group) is 2. The molecule has 0 aliphatic carbocycles. The number of anilines is 2. The molecule has 2 aromatic rings. The summed E-state index contributed by atoms with van der Waals surface area (Å²) in [5.74, 6) is -0.378. The molecule has 0 aliphatic heterocycles. The Morgan fingerprint density at radius 1 is 1.03 bits per heavy atom. The zero-order valence-corrected chi connectivity index (χ0v) is 19.8. The molecule has 1 aromatic carbocycles. The Labute approximate surface area is 191 Å². The highest BCUT2D eigenvalue weighted by molar-refractivity contribution is 9.10. The summed E-state index contributed by atoms with van der Waals surface area (Å²) >= 11 is 3.29. The zero-order valence-electron chi connectivity index (χ0n) is 18.2. The molecule has 0 radical (unpaired) electrons. The molecule has 1 unspecified atom stereocenters. The number of hydrogen-bond acceptors (Lipinski definition) is 5. The topological polar surface area (TPSA) is 94.6 Å². The maximum Gasteiger partial charge on any atom is 0.243 e. The molecule has 1 aromatic heterocycles. The molecule has 166 valence electrons. The SMILES string of the molecule is CCc1ccccc1NC(=O)CN(C)C(=O)C(C)N(C)CC(=O)Nc1ccc(Br)cn1. The van der Waals surface area contributed by atoms with Crippen molar-refractivity contribution in [2.45, 2.75) is 26.3 Å². The highest BCUT2D eigenvalue weighted by atomic mass is 79.9. The number of aromatic nitrogens is 1. The van der Waals surface area contributed by atoms with Gasteiger partial charge in [0.05, 0.1) is 19.1 Å². The van der Waals surface area contributed by atoms with Crippen LogP contribution in [0.3, 0.4) is 0 Å². The number of pyridine rings is 1. The second kappa shape index (κ2) is 11.6. The summed E-state index contributed by atoms with van der Waals surface area (Å²) < 4.78 is 0.812. The van der Waals surface area contributed by atoms with Crippen molar-refractivity contribution in [2.24, 2.45) is 0 Å². The van der Waals surface area contributed by atoms with Crippen molar-refractivity contribution in [3.63, 3.8) is 0 Å². The van der Waals surface area contributed by atoms with Gasteiger partial charge in [-0.2, -0.15) is 0 Å². The number of benzene rings is 1. The first-order valence-electron chi connectivity index (χ1n) is 9.95. The Hall–Kier alpha value is -2.78. The molecular formula is C22H28BrN5O3. The van der Waals surface area contributed by atoms with E-state index in [1.54, 1.807) is 44.2 Å². The van der Waals surface area contributed by atoms with E-state index in [-0.39, 0.29) is 30.8 Å². The monoisotopic (exact) mass is 489 g/mol. The Morgan fingerprint density at radius 2 is 1.71 bits per heavy atom. The third-order valence-corrected chi connectivity index (χ3v) is 5.30. The highest BCUT2D eigenvalue weighted by Crippen LogP contribution is 2.15. The van der Waals surface area contributed by atoms with Crippen LogP contribution in [-0.2, 0) is 20.8 Å². The lowest BCUT2D eigenvalue weighted by Gasteiger charge is -2.27. The molecular weight excluding hydrogens is 462 g/mol. The molecule has 0 spiro atoms. The quantitative estimate of drug-likeness (QED) is 0.564. The zero-order chi connectivity index (χ0) is 23.0. The van der Waals surface area contributed by atoms with Crippen LogP contribution in [-0.4, -0.2) is 65.7 Å². The number of aryl methyl sites for hydroxylation is 1. The molecule has 2 N–H and O–H groups in total. The van der Waals surface area contributed by atoms with Gasteiger partial charge in [0.2, 0.25) is 17.7 Å². The Morgan fingerprint density at radius 3 is 2.35 bits per heavy atom. The Bertz CT molecular complexity index is 920. The molecule has 9 heteroatoms. The van der Waals surface area contributed by atoms with E-state index in [0.29, 0.717) is 5.82 Å².